The van der Waals surface area contributed by atoms with E-state index in [9.17, 15) is 4.39 Å². The van der Waals surface area contributed by atoms with Crippen molar-refractivity contribution in [2.45, 2.75) is 19.7 Å². The second-order valence-corrected chi connectivity index (χ2v) is 5.88. The average Bonchev–Trinajstić information content (AvgIpc) is 3.09. The number of quaternary nitrogens is 1. The average molecular weight is 347 g/mol. The second kappa shape index (κ2) is 7.99. The minimum Gasteiger partial charge on any atom is -0.488 e. The standard InChI is InChI=1S/C19H17ClFNO2/c20-16-5-8-19(24-13-14-3-6-17(21)7-4-14)15(10-16)11-22-12-18-2-1-9-23-18/h1-10,22H,11-13H2/p+1. The van der Waals surface area contributed by atoms with E-state index in [-0.39, 0.29) is 5.82 Å². The van der Waals surface area contributed by atoms with Crippen molar-refractivity contribution in [3.05, 3.63) is 88.6 Å². The Labute approximate surface area is 145 Å². The van der Waals surface area contributed by atoms with Crippen LogP contribution in [0, 0.1) is 5.82 Å². The number of furan rings is 1. The van der Waals surface area contributed by atoms with Crippen molar-refractivity contribution in [1.82, 2.24) is 0 Å². The van der Waals surface area contributed by atoms with E-state index in [2.05, 4.69) is 5.32 Å². The van der Waals surface area contributed by atoms with Crippen LogP contribution in [0.4, 0.5) is 4.39 Å². The summed E-state index contributed by atoms with van der Waals surface area (Å²) < 4.78 is 24.1. The molecule has 124 valence electrons. The number of hydrogen-bond donors (Lipinski definition) is 1. The number of nitrogens with two attached hydrogens (primary N) is 1. The fourth-order valence-corrected chi connectivity index (χ4v) is 2.58. The second-order valence-electron chi connectivity index (χ2n) is 5.44. The first-order valence-electron chi connectivity index (χ1n) is 7.70. The van der Waals surface area contributed by atoms with E-state index in [1.54, 1.807) is 24.5 Å². The Bertz CT molecular complexity index is 773. The molecule has 0 saturated heterocycles. The van der Waals surface area contributed by atoms with E-state index in [0.717, 1.165) is 35.7 Å². The smallest absolute Gasteiger partial charge is 0.157 e. The number of rotatable bonds is 7. The first-order chi connectivity index (χ1) is 11.7. The van der Waals surface area contributed by atoms with Gasteiger partial charge in [0.25, 0.3) is 0 Å². The lowest BCUT2D eigenvalue weighted by molar-refractivity contribution is -0.688. The normalized spacial score (nSPS) is 10.8. The maximum absolute atomic E-state index is 12.9. The Morgan fingerprint density at radius 1 is 1.04 bits per heavy atom. The highest BCUT2D eigenvalue weighted by Gasteiger charge is 2.08. The summed E-state index contributed by atoms with van der Waals surface area (Å²) in [7, 11) is 0. The molecule has 0 aliphatic heterocycles. The van der Waals surface area contributed by atoms with Gasteiger partial charge in [-0.3, -0.25) is 0 Å². The fourth-order valence-electron chi connectivity index (χ4n) is 2.39. The topological polar surface area (TPSA) is 39.0 Å². The first-order valence-corrected chi connectivity index (χ1v) is 8.08. The third-order valence-electron chi connectivity index (χ3n) is 3.62. The maximum atomic E-state index is 12.9. The predicted octanol–water partition coefficient (Wildman–Crippen LogP) is 3.91. The summed E-state index contributed by atoms with van der Waals surface area (Å²) >= 11 is 6.10. The molecule has 1 aromatic heterocycles. The first kappa shape index (κ1) is 16.6. The Kier molecular flexibility index (Phi) is 5.51. The van der Waals surface area contributed by atoms with E-state index in [0.29, 0.717) is 11.6 Å². The molecule has 0 fully saturated rings. The van der Waals surface area contributed by atoms with Gasteiger partial charge >= 0.3 is 0 Å². The van der Waals surface area contributed by atoms with Gasteiger partial charge in [0.15, 0.2) is 5.76 Å². The lowest BCUT2D eigenvalue weighted by Gasteiger charge is -2.11. The van der Waals surface area contributed by atoms with Crippen LogP contribution in [0.15, 0.2) is 65.3 Å². The van der Waals surface area contributed by atoms with Gasteiger partial charge in [0, 0.05) is 10.6 Å². The summed E-state index contributed by atoms with van der Waals surface area (Å²) in [6.45, 7) is 1.85. The minimum absolute atomic E-state index is 0.251. The van der Waals surface area contributed by atoms with Crippen molar-refractivity contribution in [2.24, 2.45) is 0 Å². The van der Waals surface area contributed by atoms with Gasteiger partial charge < -0.3 is 14.5 Å². The van der Waals surface area contributed by atoms with Crippen molar-refractivity contribution in [1.29, 1.82) is 0 Å². The molecule has 1 heterocycles. The molecular weight excluding hydrogens is 329 g/mol. The third kappa shape index (κ3) is 4.60. The van der Waals surface area contributed by atoms with Crippen molar-refractivity contribution < 1.29 is 18.9 Å². The summed E-state index contributed by atoms with van der Waals surface area (Å²) in [5, 5.41) is 2.79. The van der Waals surface area contributed by atoms with Crippen LogP contribution in [0.5, 0.6) is 5.75 Å². The summed E-state index contributed by atoms with van der Waals surface area (Å²) in [5.41, 5.74) is 1.92. The lowest BCUT2D eigenvalue weighted by Crippen LogP contribution is -2.80. The monoisotopic (exact) mass is 346 g/mol. The Balaban J connectivity index is 1.62. The molecule has 0 radical (unpaired) electrons. The van der Waals surface area contributed by atoms with Crippen molar-refractivity contribution in [2.75, 3.05) is 0 Å². The van der Waals surface area contributed by atoms with Crippen molar-refractivity contribution in [3.8, 4) is 5.75 Å². The molecule has 0 amide bonds. The predicted molar refractivity (Wildman–Crippen MR) is 90.2 cm³/mol. The third-order valence-corrected chi connectivity index (χ3v) is 3.86. The van der Waals surface area contributed by atoms with E-state index < -0.39 is 0 Å². The van der Waals surface area contributed by atoms with E-state index in [1.165, 1.54) is 12.1 Å². The quantitative estimate of drug-likeness (QED) is 0.704. The molecule has 2 N–H and O–H groups in total. The van der Waals surface area contributed by atoms with Crippen LogP contribution in [0.25, 0.3) is 0 Å². The van der Waals surface area contributed by atoms with Gasteiger partial charge in [0.2, 0.25) is 0 Å². The fraction of sp³-hybridized carbons (Fsp3) is 0.158. The maximum Gasteiger partial charge on any atom is 0.157 e. The van der Waals surface area contributed by atoms with Crippen LogP contribution < -0.4 is 10.1 Å². The number of halogens is 2. The molecule has 24 heavy (non-hydrogen) atoms. The van der Waals surface area contributed by atoms with Gasteiger partial charge in [-0.15, -0.1) is 0 Å². The molecule has 3 aromatic rings. The summed E-state index contributed by atoms with van der Waals surface area (Å²) in [4.78, 5) is 0. The lowest BCUT2D eigenvalue weighted by atomic mass is 10.2. The highest BCUT2D eigenvalue weighted by Crippen LogP contribution is 2.23. The largest absolute Gasteiger partial charge is 0.488 e. The molecule has 0 atom stereocenters. The molecule has 0 spiro atoms. The summed E-state index contributed by atoms with van der Waals surface area (Å²) in [5.74, 6) is 1.45. The number of ether oxygens (including phenoxy) is 1. The van der Waals surface area contributed by atoms with E-state index in [1.807, 2.05) is 24.3 Å². The molecular formula is C19H18ClFNO2+. The van der Waals surface area contributed by atoms with Gasteiger partial charge in [-0.1, -0.05) is 23.7 Å². The molecule has 5 heteroatoms. The highest BCUT2D eigenvalue weighted by molar-refractivity contribution is 6.30. The molecule has 0 saturated carbocycles. The van der Waals surface area contributed by atoms with Crippen molar-refractivity contribution >= 4 is 11.6 Å². The number of benzene rings is 2. The zero-order valence-electron chi connectivity index (χ0n) is 13.0. The van der Waals surface area contributed by atoms with Crippen LogP contribution >= 0.6 is 11.6 Å². The molecule has 0 aliphatic carbocycles. The van der Waals surface area contributed by atoms with Crippen LogP contribution in [0.2, 0.25) is 5.02 Å². The molecule has 2 aromatic carbocycles. The van der Waals surface area contributed by atoms with Crippen molar-refractivity contribution in [3.63, 3.8) is 0 Å². The summed E-state index contributed by atoms with van der Waals surface area (Å²) in [6, 6.07) is 15.7. The number of hydrogen-bond acceptors (Lipinski definition) is 2. The van der Waals surface area contributed by atoms with Crippen LogP contribution in [0.1, 0.15) is 16.9 Å². The zero-order chi connectivity index (χ0) is 16.8. The van der Waals surface area contributed by atoms with Crippen LogP contribution in [0.3, 0.4) is 0 Å². The van der Waals surface area contributed by atoms with E-state index >= 15 is 0 Å². The molecule has 3 nitrogen and oxygen atoms in total. The highest BCUT2D eigenvalue weighted by atomic mass is 35.5. The molecule has 0 bridgehead atoms. The van der Waals surface area contributed by atoms with Crippen LogP contribution in [-0.2, 0) is 19.7 Å². The van der Waals surface area contributed by atoms with Gasteiger partial charge in [0.05, 0.1) is 6.26 Å². The summed E-state index contributed by atoms with van der Waals surface area (Å²) in [6.07, 6.45) is 1.67. The SMILES string of the molecule is Fc1ccc(COc2ccc(Cl)cc2C[NH2+]Cc2ccco2)cc1. The van der Waals surface area contributed by atoms with E-state index in [4.69, 9.17) is 20.8 Å². The Hall–Kier alpha value is -2.30. The zero-order valence-corrected chi connectivity index (χ0v) is 13.8. The molecule has 0 unspecified atom stereocenters. The molecule has 3 rings (SSSR count). The Morgan fingerprint density at radius 2 is 1.88 bits per heavy atom. The van der Waals surface area contributed by atoms with Gasteiger partial charge in [0.1, 0.15) is 31.3 Å². The molecule has 0 aliphatic rings. The van der Waals surface area contributed by atoms with Crippen LogP contribution in [-0.4, -0.2) is 0 Å². The van der Waals surface area contributed by atoms with Gasteiger partial charge in [-0.2, -0.15) is 0 Å². The van der Waals surface area contributed by atoms with Gasteiger partial charge in [-0.25, -0.2) is 4.39 Å². The minimum atomic E-state index is -0.251. The van der Waals surface area contributed by atoms with Gasteiger partial charge in [-0.05, 0) is 48.0 Å². The Morgan fingerprint density at radius 3 is 2.62 bits per heavy atom.